The topological polar surface area (TPSA) is 49.9 Å². The molecule has 1 fully saturated rings. The molecule has 0 spiro atoms. The molecule has 3 rings (SSSR count). The minimum atomic E-state index is -0.641. The van der Waals surface area contributed by atoms with Crippen LogP contribution in [-0.4, -0.2) is 33.9 Å². The van der Waals surface area contributed by atoms with Gasteiger partial charge in [-0.25, -0.2) is 0 Å². The van der Waals surface area contributed by atoms with E-state index in [-0.39, 0.29) is 11.0 Å². The van der Waals surface area contributed by atoms with E-state index < -0.39 is 12.2 Å². The monoisotopic (exact) mass is 425 g/mol. The Labute approximate surface area is 184 Å². The van der Waals surface area contributed by atoms with Gasteiger partial charge in [-0.1, -0.05) is 105 Å². The van der Waals surface area contributed by atoms with E-state index >= 15 is 0 Å². The van der Waals surface area contributed by atoms with Crippen molar-refractivity contribution in [2.75, 3.05) is 5.75 Å². The smallest absolute Gasteiger partial charge is 0.255 e. The average Bonchev–Trinajstić information content (AvgIpc) is 3.58. The highest BCUT2D eigenvalue weighted by molar-refractivity contribution is 8.13. The summed E-state index contributed by atoms with van der Waals surface area (Å²) in [6, 6.07) is 19.8. The molecule has 0 unspecified atom stereocenters. The molecule has 0 N–H and O–H groups in total. The van der Waals surface area contributed by atoms with Gasteiger partial charge in [-0.05, 0) is 17.5 Å². The quantitative estimate of drug-likeness (QED) is 0.346. The normalized spacial score (nSPS) is 17.5. The van der Waals surface area contributed by atoms with Gasteiger partial charge in [0.25, 0.3) is 5.91 Å². The van der Waals surface area contributed by atoms with Crippen LogP contribution in [0.4, 0.5) is 0 Å². The molecule has 160 valence electrons. The first-order chi connectivity index (χ1) is 14.7. The first-order valence-electron chi connectivity index (χ1n) is 10.9. The molecule has 1 saturated heterocycles. The maximum atomic E-state index is 13.1. The van der Waals surface area contributed by atoms with E-state index in [1.54, 1.807) is 4.90 Å². The van der Waals surface area contributed by atoms with Crippen molar-refractivity contribution < 1.29 is 14.3 Å². The van der Waals surface area contributed by atoms with Crippen LogP contribution < -0.4 is 0 Å². The minimum absolute atomic E-state index is 0.0109. The van der Waals surface area contributed by atoms with Crippen molar-refractivity contribution in [1.29, 1.82) is 0 Å². The van der Waals surface area contributed by atoms with Crippen LogP contribution in [0.1, 0.15) is 50.2 Å². The number of rotatable bonds is 12. The van der Waals surface area contributed by atoms with Gasteiger partial charge in [-0.3, -0.25) is 9.59 Å². The molecule has 0 aliphatic carbocycles. The van der Waals surface area contributed by atoms with Gasteiger partial charge in [0.15, 0.2) is 12.2 Å². The molecule has 1 amide bonds. The van der Waals surface area contributed by atoms with Gasteiger partial charge < -0.3 is 9.64 Å². The van der Waals surface area contributed by atoms with Crippen LogP contribution in [0.15, 0.2) is 60.7 Å². The summed E-state index contributed by atoms with van der Waals surface area (Å²) < 4.78 is 5.53. The third-order valence-electron chi connectivity index (χ3n) is 5.20. The number of hydrogen-bond donors (Lipinski definition) is 0. The third-order valence-corrected chi connectivity index (χ3v) is 6.21. The molecule has 0 radical (unpaired) electrons. The Morgan fingerprint density at radius 2 is 1.40 bits per heavy atom. The third kappa shape index (κ3) is 6.99. The average molecular weight is 426 g/mol. The molecule has 4 nitrogen and oxygen atoms in total. The van der Waals surface area contributed by atoms with Gasteiger partial charge >= 0.3 is 0 Å². The summed E-state index contributed by atoms with van der Waals surface area (Å²) in [5, 5.41) is -0.0109. The fraction of sp³-hybridized carbons (Fsp3) is 0.440. The van der Waals surface area contributed by atoms with E-state index in [9.17, 15) is 9.59 Å². The second kappa shape index (κ2) is 11.9. The minimum Gasteiger partial charge on any atom is -0.350 e. The van der Waals surface area contributed by atoms with Gasteiger partial charge in [0, 0.05) is 18.8 Å². The Morgan fingerprint density at radius 1 is 0.833 bits per heavy atom. The van der Waals surface area contributed by atoms with E-state index in [0.717, 1.165) is 29.7 Å². The van der Waals surface area contributed by atoms with E-state index in [4.69, 9.17) is 4.74 Å². The largest absolute Gasteiger partial charge is 0.350 e. The predicted molar refractivity (Wildman–Crippen MR) is 122 cm³/mol. The number of thioether (sulfide) groups is 1. The number of nitrogens with zero attached hydrogens (tertiary/aromatic N) is 1. The first-order valence-corrected chi connectivity index (χ1v) is 11.9. The zero-order chi connectivity index (χ0) is 21.2. The maximum absolute atomic E-state index is 13.1. The summed E-state index contributed by atoms with van der Waals surface area (Å²) in [6.07, 6.45) is 4.65. The lowest BCUT2D eigenvalue weighted by Gasteiger charge is -2.22. The van der Waals surface area contributed by atoms with Crippen molar-refractivity contribution in [3.63, 3.8) is 0 Å². The van der Waals surface area contributed by atoms with Crippen LogP contribution in [0.2, 0.25) is 0 Å². The highest BCUT2D eigenvalue weighted by Crippen LogP contribution is 2.30. The Kier molecular flexibility index (Phi) is 8.97. The number of carbonyl (C=O) groups excluding carboxylic acids is 2. The molecule has 1 aliphatic heterocycles. The number of hydrogen-bond acceptors (Lipinski definition) is 4. The van der Waals surface area contributed by atoms with Crippen molar-refractivity contribution in [1.82, 2.24) is 4.90 Å². The van der Waals surface area contributed by atoms with Crippen LogP contribution in [0.25, 0.3) is 0 Å². The van der Waals surface area contributed by atoms with E-state index in [0.29, 0.717) is 13.1 Å². The van der Waals surface area contributed by atoms with E-state index in [2.05, 4.69) is 6.92 Å². The van der Waals surface area contributed by atoms with Crippen LogP contribution in [0.5, 0.6) is 0 Å². The van der Waals surface area contributed by atoms with E-state index in [1.165, 1.54) is 31.0 Å². The summed E-state index contributed by atoms with van der Waals surface area (Å²) in [5.74, 6) is 0.700. The number of benzene rings is 2. The molecule has 2 aromatic rings. The fourth-order valence-electron chi connectivity index (χ4n) is 3.44. The first kappa shape index (κ1) is 22.6. The Balaban J connectivity index is 1.53. The molecule has 0 aromatic heterocycles. The summed E-state index contributed by atoms with van der Waals surface area (Å²) in [4.78, 5) is 27.3. The fourth-order valence-corrected chi connectivity index (χ4v) is 4.33. The number of carbonyl (C=O) groups is 2. The Bertz CT molecular complexity index is 755. The zero-order valence-corrected chi connectivity index (χ0v) is 18.5. The zero-order valence-electron chi connectivity index (χ0n) is 17.7. The second-order valence-corrected chi connectivity index (χ2v) is 8.82. The maximum Gasteiger partial charge on any atom is 0.255 e. The Morgan fingerprint density at radius 3 is 1.97 bits per heavy atom. The summed E-state index contributed by atoms with van der Waals surface area (Å²) >= 11 is 1.31. The summed E-state index contributed by atoms with van der Waals surface area (Å²) in [7, 11) is 0. The van der Waals surface area contributed by atoms with Gasteiger partial charge in [0.05, 0.1) is 0 Å². The van der Waals surface area contributed by atoms with Gasteiger partial charge in [-0.2, -0.15) is 0 Å². The Hall–Kier alpha value is -2.11. The number of ether oxygens (including phenoxy) is 1. The molecule has 0 saturated carbocycles. The highest BCUT2D eigenvalue weighted by atomic mass is 32.2. The molecule has 2 atom stereocenters. The second-order valence-electron chi connectivity index (χ2n) is 7.72. The van der Waals surface area contributed by atoms with Gasteiger partial charge in [0.1, 0.15) is 0 Å². The van der Waals surface area contributed by atoms with Gasteiger partial charge in [-0.15, -0.1) is 0 Å². The lowest BCUT2D eigenvalue weighted by Crippen LogP contribution is -2.35. The summed E-state index contributed by atoms with van der Waals surface area (Å²) in [6.45, 7) is 3.19. The molecule has 1 aliphatic rings. The van der Waals surface area contributed by atoms with Crippen molar-refractivity contribution in [3.8, 4) is 0 Å². The van der Waals surface area contributed by atoms with Crippen molar-refractivity contribution in [3.05, 3.63) is 71.8 Å². The molecule has 1 heterocycles. The predicted octanol–water partition coefficient (Wildman–Crippen LogP) is 5.21. The molecule has 2 aromatic carbocycles. The van der Waals surface area contributed by atoms with Crippen molar-refractivity contribution in [2.45, 2.75) is 64.3 Å². The number of epoxide rings is 1. The highest BCUT2D eigenvalue weighted by Gasteiger charge is 2.51. The van der Waals surface area contributed by atoms with Crippen LogP contribution in [0.3, 0.4) is 0 Å². The molecular formula is C25H31NO3S. The molecular weight excluding hydrogens is 394 g/mol. The molecule has 0 bridgehead atoms. The van der Waals surface area contributed by atoms with Crippen molar-refractivity contribution in [2.24, 2.45) is 0 Å². The van der Waals surface area contributed by atoms with Crippen LogP contribution in [0, 0.1) is 0 Å². The standard InChI is InChI=1S/C25H31NO3S/c1-2-3-4-5-12-17-30-25(28)23-22(29-23)24(27)26(18-20-13-8-6-9-14-20)19-21-15-10-7-11-16-21/h6-11,13-16,22-23H,2-5,12,17-19H2,1H3/t22-,23+/m0/s1. The lowest BCUT2D eigenvalue weighted by molar-refractivity contribution is -0.133. The SMILES string of the molecule is CCCCCCCSC(=O)[C@@H]1O[C@@H]1C(=O)N(Cc1ccccc1)Cc1ccccc1. The molecule has 30 heavy (non-hydrogen) atoms. The van der Waals surface area contributed by atoms with Crippen LogP contribution >= 0.6 is 11.8 Å². The van der Waals surface area contributed by atoms with Crippen LogP contribution in [-0.2, 0) is 27.4 Å². The lowest BCUT2D eigenvalue weighted by atomic mass is 10.1. The summed E-state index contributed by atoms with van der Waals surface area (Å²) in [5.41, 5.74) is 2.12. The van der Waals surface area contributed by atoms with Gasteiger partial charge in [0.2, 0.25) is 5.12 Å². The number of unbranched alkanes of at least 4 members (excludes halogenated alkanes) is 4. The van der Waals surface area contributed by atoms with Crippen molar-refractivity contribution >= 4 is 22.8 Å². The van der Waals surface area contributed by atoms with E-state index in [1.807, 2.05) is 60.7 Å². The number of amides is 1. The molecule has 5 heteroatoms.